The lowest BCUT2D eigenvalue weighted by atomic mass is 10.2. The number of aromatic nitrogens is 2. The number of ether oxygens (including phenoxy) is 1. The number of nitrogens with one attached hydrogen (secondary N) is 1. The monoisotopic (exact) mass is 387 g/mol. The highest BCUT2D eigenvalue weighted by Gasteiger charge is 2.30. The van der Waals surface area contributed by atoms with E-state index in [0.717, 1.165) is 50.5 Å². The van der Waals surface area contributed by atoms with E-state index in [1.165, 1.54) is 24.9 Å². The third kappa shape index (κ3) is 4.18. The number of hydrogen-bond acceptors (Lipinski definition) is 5. The molecule has 0 aliphatic carbocycles. The lowest BCUT2D eigenvalue weighted by Gasteiger charge is -2.32. The Morgan fingerprint density at radius 2 is 2.11 bits per heavy atom. The van der Waals surface area contributed by atoms with Crippen molar-refractivity contribution in [2.24, 2.45) is 0 Å². The molecule has 1 amide bonds. The molecule has 150 valence electrons. The van der Waals surface area contributed by atoms with E-state index in [2.05, 4.69) is 26.3 Å². The summed E-state index contributed by atoms with van der Waals surface area (Å²) in [5.74, 6) is -0.333. The standard InChI is InChI=1S/C20H26FN5O2/c1-28-14-20(27)22-11-16-10-19-13-25(8-9-26(19)23-16)18-6-7-24(12-18)17-4-2-15(21)3-5-17/h2-5,10,18H,6-9,11-14H2,1H3,(H,22,27)/t18-/m0/s1. The molecule has 1 aromatic carbocycles. The number of methoxy groups -OCH3 is 1. The minimum absolute atomic E-state index is 0.0631. The van der Waals surface area contributed by atoms with Crippen molar-refractivity contribution in [3.63, 3.8) is 0 Å². The molecule has 1 atom stereocenters. The largest absolute Gasteiger partial charge is 0.375 e. The molecule has 1 saturated heterocycles. The van der Waals surface area contributed by atoms with E-state index < -0.39 is 0 Å². The molecule has 0 spiro atoms. The van der Waals surface area contributed by atoms with Gasteiger partial charge in [-0.2, -0.15) is 5.10 Å². The van der Waals surface area contributed by atoms with Crippen LogP contribution in [0.25, 0.3) is 0 Å². The average molecular weight is 387 g/mol. The summed E-state index contributed by atoms with van der Waals surface area (Å²) >= 11 is 0. The molecule has 28 heavy (non-hydrogen) atoms. The zero-order valence-electron chi connectivity index (χ0n) is 16.1. The molecule has 0 radical (unpaired) electrons. The summed E-state index contributed by atoms with van der Waals surface area (Å²) in [6, 6.07) is 9.31. The van der Waals surface area contributed by atoms with Crippen molar-refractivity contribution < 1.29 is 13.9 Å². The first-order valence-corrected chi connectivity index (χ1v) is 9.68. The first kappa shape index (κ1) is 18.9. The Labute approximate surface area is 164 Å². The van der Waals surface area contributed by atoms with Gasteiger partial charge in [-0.1, -0.05) is 0 Å². The number of nitrogens with zero attached hydrogens (tertiary/aromatic N) is 4. The summed E-state index contributed by atoms with van der Waals surface area (Å²) in [6.45, 7) is 5.11. The van der Waals surface area contributed by atoms with Gasteiger partial charge in [-0.3, -0.25) is 14.4 Å². The van der Waals surface area contributed by atoms with Crippen LogP contribution in [0.3, 0.4) is 0 Å². The normalized spacial score (nSPS) is 19.6. The molecular weight excluding hydrogens is 361 g/mol. The number of carbonyl (C=O) groups excluding carboxylic acids is 1. The van der Waals surface area contributed by atoms with Gasteiger partial charge in [-0.05, 0) is 36.8 Å². The number of anilines is 1. The fourth-order valence-electron chi connectivity index (χ4n) is 4.04. The predicted molar refractivity (Wildman–Crippen MR) is 103 cm³/mol. The third-order valence-corrected chi connectivity index (χ3v) is 5.49. The van der Waals surface area contributed by atoms with Crippen LogP contribution >= 0.6 is 0 Å². The van der Waals surface area contributed by atoms with E-state index in [1.54, 1.807) is 0 Å². The van der Waals surface area contributed by atoms with Crippen molar-refractivity contribution in [3.05, 3.63) is 47.5 Å². The molecule has 1 aromatic heterocycles. The molecule has 8 heteroatoms. The maximum atomic E-state index is 13.2. The number of benzene rings is 1. The zero-order chi connectivity index (χ0) is 19.5. The number of carbonyl (C=O) groups is 1. The summed E-state index contributed by atoms with van der Waals surface area (Å²) < 4.78 is 20.0. The van der Waals surface area contributed by atoms with E-state index in [9.17, 15) is 9.18 Å². The fourth-order valence-corrected chi connectivity index (χ4v) is 4.04. The number of hydrogen-bond donors (Lipinski definition) is 1. The van der Waals surface area contributed by atoms with Crippen molar-refractivity contribution in [1.82, 2.24) is 20.0 Å². The van der Waals surface area contributed by atoms with E-state index in [-0.39, 0.29) is 18.3 Å². The predicted octanol–water partition coefficient (Wildman–Crippen LogP) is 1.38. The Morgan fingerprint density at radius 3 is 2.89 bits per heavy atom. The number of amides is 1. The molecule has 2 aliphatic rings. The lowest BCUT2D eigenvalue weighted by molar-refractivity contribution is -0.124. The maximum Gasteiger partial charge on any atom is 0.246 e. The lowest BCUT2D eigenvalue weighted by Crippen LogP contribution is -2.42. The van der Waals surface area contributed by atoms with E-state index in [0.29, 0.717) is 12.6 Å². The summed E-state index contributed by atoms with van der Waals surface area (Å²) in [5, 5.41) is 7.42. The number of rotatable bonds is 6. The average Bonchev–Trinajstić information content (AvgIpc) is 3.33. The van der Waals surface area contributed by atoms with Crippen LogP contribution in [0.4, 0.5) is 10.1 Å². The van der Waals surface area contributed by atoms with Crippen molar-refractivity contribution in [2.75, 3.05) is 38.3 Å². The smallest absolute Gasteiger partial charge is 0.246 e. The molecule has 0 unspecified atom stereocenters. The van der Waals surface area contributed by atoms with Gasteiger partial charge in [0.15, 0.2) is 0 Å². The van der Waals surface area contributed by atoms with Crippen LogP contribution in [0.5, 0.6) is 0 Å². The minimum Gasteiger partial charge on any atom is -0.375 e. The van der Waals surface area contributed by atoms with Crippen molar-refractivity contribution >= 4 is 11.6 Å². The van der Waals surface area contributed by atoms with Crippen molar-refractivity contribution in [2.45, 2.75) is 32.1 Å². The van der Waals surface area contributed by atoms with Crippen molar-refractivity contribution in [3.8, 4) is 0 Å². The maximum absolute atomic E-state index is 13.2. The van der Waals surface area contributed by atoms with Gasteiger partial charge in [-0.25, -0.2) is 4.39 Å². The summed E-state index contributed by atoms with van der Waals surface area (Å²) in [7, 11) is 1.50. The number of halogens is 1. The number of fused-ring (bicyclic) bond motifs is 1. The van der Waals surface area contributed by atoms with Crippen LogP contribution in [-0.2, 0) is 29.2 Å². The molecule has 3 heterocycles. The third-order valence-electron chi connectivity index (χ3n) is 5.49. The summed E-state index contributed by atoms with van der Waals surface area (Å²) in [6.07, 6.45) is 1.10. The van der Waals surface area contributed by atoms with Crippen molar-refractivity contribution in [1.29, 1.82) is 0 Å². The van der Waals surface area contributed by atoms with Gasteiger partial charge in [0, 0.05) is 45.0 Å². The van der Waals surface area contributed by atoms with Gasteiger partial charge in [0.25, 0.3) is 0 Å². The topological polar surface area (TPSA) is 62.6 Å². The molecule has 0 bridgehead atoms. The molecule has 7 nitrogen and oxygen atoms in total. The van der Waals surface area contributed by atoms with Crippen LogP contribution in [-0.4, -0.2) is 60.0 Å². The quantitative estimate of drug-likeness (QED) is 0.812. The van der Waals surface area contributed by atoms with Gasteiger partial charge >= 0.3 is 0 Å². The highest BCUT2D eigenvalue weighted by Crippen LogP contribution is 2.26. The van der Waals surface area contributed by atoms with Gasteiger partial charge < -0.3 is 15.0 Å². The van der Waals surface area contributed by atoms with Gasteiger partial charge in [0.2, 0.25) is 5.91 Å². The van der Waals surface area contributed by atoms with Crippen LogP contribution in [0.1, 0.15) is 17.8 Å². The van der Waals surface area contributed by atoms with Crippen LogP contribution in [0.2, 0.25) is 0 Å². The second-order valence-electron chi connectivity index (χ2n) is 7.40. The van der Waals surface area contributed by atoms with Crippen LogP contribution in [0.15, 0.2) is 30.3 Å². The highest BCUT2D eigenvalue weighted by molar-refractivity contribution is 5.77. The van der Waals surface area contributed by atoms with E-state index >= 15 is 0 Å². The van der Waals surface area contributed by atoms with E-state index in [4.69, 9.17) is 4.74 Å². The SMILES string of the molecule is COCC(=O)NCc1cc2n(n1)CCN([C@H]1CCN(c3ccc(F)cc3)C1)C2. The highest BCUT2D eigenvalue weighted by atomic mass is 19.1. The molecule has 2 aromatic rings. The molecule has 2 aliphatic heterocycles. The Morgan fingerprint density at radius 1 is 1.29 bits per heavy atom. The summed E-state index contributed by atoms with van der Waals surface area (Å²) in [4.78, 5) is 16.4. The Bertz CT molecular complexity index is 823. The molecule has 1 fully saturated rings. The summed E-state index contributed by atoms with van der Waals surface area (Å²) in [5.41, 5.74) is 3.14. The van der Waals surface area contributed by atoms with Gasteiger partial charge in [0.05, 0.1) is 24.5 Å². The molecular formula is C20H26FN5O2. The molecule has 0 saturated carbocycles. The first-order valence-electron chi connectivity index (χ1n) is 9.68. The second-order valence-corrected chi connectivity index (χ2v) is 7.40. The minimum atomic E-state index is -0.196. The Balaban J connectivity index is 1.34. The second kappa shape index (κ2) is 8.28. The Kier molecular flexibility index (Phi) is 5.59. The van der Waals surface area contributed by atoms with Gasteiger partial charge in [-0.15, -0.1) is 0 Å². The molecule has 1 N–H and O–H groups in total. The Hall–Kier alpha value is -2.45. The van der Waals surface area contributed by atoms with E-state index in [1.807, 2.05) is 16.8 Å². The first-order chi connectivity index (χ1) is 13.6. The van der Waals surface area contributed by atoms with Crippen LogP contribution < -0.4 is 10.2 Å². The van der Waals surface area contributed by atoms with Gasteiger partial charge in [0.1, 0.15) is 12.4 Å². The molecule has 4 rings (SSSR count). The van der Waals surface area contributed by atoms with Crippen LogP contribution in [0, 0.1) is 5.82 Å². The fraction of sp³-hybridized carbons (Fsp3) is 0.500. The zero-order valence-corrected chi connectivity index (χ0v) is 16.1.